The molecule has 5 rings (SSSR count). The molecule has 34 heavy (non-hydrogen) atoms. The Kier molecular flexibility index (Phi) is 6.56. The summed E-state index contributed by atoms with van der Waals surface area (Å²) in [4.78, 5) is 0. The van der Waals surface area contributed by atoms with Gasteiger partial charge in [0.25, 0.3) is 0 Å². The van der Waals surface area contributed by atoms with Crippen LogP contribution in [0.1, 0.15) is 104 Å². The number of aliphatic hydroxyl groups excluding tert-OH is 1. The summed E-state index contributed by atoms with van der Waals surface area (Å²) in [5.74, 6) is 4.10. The van der Waals surface area contributed by atoms with Gasteiger partial charge in [-0.3, -0.25) is 0 Å². The average molecular weight is 465 g/mol. The molecule has 4 aliphatic rings. The molecule has 2 nitrogen and oxygen atoms in total. The van der Waals surface area contributed by atoms with Crippen molar-refractivity contribution >= 4 is 0 Å². The maximum atomic E-state index is 11.0. The van der Waals surface area contributed by atoms with E-state index in [0.29, 0.717) is 10.8 Å². The zero-order valence-electron chi connectivity index (χ0n) is 22.1. The highest BCUT2D eigenvalue weighted by molar-refractivity contribution is 5.25. The van der Waals surface area contributed by atoms with Crippen LogP contribution < -0.4 is 0 Å². The van der Waals surface area contributed by atoms with Crippen LogP contribution in [-0.2, 0) is 5.60 Å². The van der Waals surface area contributed by atoms with Crippen LogP contribution in [0.3, 0.4) is 0 Å². The van der Waals surface area contributed by atoms with Crippen molar-refractivity contribution in [3.05, 3.63) is 47.5 Å². The van der Waals surface area contributed by atoms with Crippen molar-refractivity contribution in [2.75, 3.05) is 0 Å². The zero-order valence-corrected chi connectivity index (χ0v) is 22.1. The summed E-state index contributed by atoms with van der Waals surface area (Å²) in [6.07, 6.45) is 15.6. The molecule has 0 aromatic heterocycles. The van der Waals surface area contributed by atoms with E-state index in [2.05, 4.69) is 39.0 Å². The lowest BCUT2D eigenvalue weighted by atomic mass is 9.47. The summed E-state index contributed by atoms with van der Waals surface area (Å²) < 4.78 is 0. The van der Waals surface area contributed by atoms with Gasteiger partial charge in [-0.05, 0) is 117 Å². The van der Waals surface area contributed by atoms with Gasteiger partial charge in [0.15, 0.2) is 0 Å². The summed E-state index contributed by atoms with van der Waals surface area (Å²) >= 11 is 0. The molecule has 2 heteroatoms. The van der Waals surface area contributed by atoms with E-state index in [4.69, 9.17) is 0 Å². The molecule has 3 saturated carbocycles. The van der Waals surface area contributed by atoms with E-state index in [1.54, 1.807) is 5.57 Å². The van der Waals surface area contributed by atoms with E-state index < -0.39 is 5.60 Å². The molecule has 0 spiro atoms. The molecule has 0 saturated heterocycles. The number of aliphatic hydroxyl groups is 2. The van der Waals surface area contributed by atoms with Gasteiger partial charge in [0.05, 0.1) is 11.7 Å². The molecule has 3 fully saturated rings. The lowest BCUT2D eigenvalue weighted by Gasteiger charge is -2.58. The lowest BCUT2D eigenvalue weighted by Crippen LogP contribution is -2.50. The smallest absolute Gasteiger partial charge is 0.0868 e. The number of hydrogen-bond acceptors (Lipinski definition) is 2. The molecule has 0 bridgehead atoms. The van der Waals surface area contributed by atoms with Crippen molar-refractivity contribution in [1.82, 2.24) is 0 Å². The predicted octanol–water partition coefficient (Wildman–Crippen LogP) is 7.64. The number of allylic oxidation sites excluding steroid dienone is 1. The molecule has 9 atom stereocenters. The Labute approximate surface area is 208 Å². The minimum absolute atomic E-state index is 0.107. The normalized spacial score (nSPS) is 42.1. The fraction of sp³-hybridized carbons (Fsp3) is 0.750. The van der Waals surface area contributed by atoms with Crippen molar-refractivity contribution in [2.24, 2.45) is 40.4 Å². The molecule has 1 aromatic carbocycles. The maximum Gasteiger partial charge on any atom is 0.0868 e. The lowest BCUT2D eigenvalue weighted by molar-refractivity contribution is -0.0576. The highest BCUT2D eigenvalue weighted by Crippen LogP contribution is 2.67. The third-order valence-electron chi connectivity index (χ3n) is 11.6. The average Bonchev–Trinajstić information content (AvgIpc) is 3.17. The molecular formula is C32H48O2. The van der Waals surface area contributed by atoms with Gasteiger partial charge in [-0.2, -0.15) is 0 Å². The Morgan fingerprint density at radius 3 is 2.56 bits per heavy atom. The molecule has 0 radical (unpaired) electrons. The van der Waals surface area contributed by atoms with E-state index in [1.165, 1.54) is 44.9 Å². The van der Waals surface area contributed by atoms with Gasteiger partial charge in [-0.25, -0.2) is 0 Å². The topological polar surface area (TPSA) is 40.5 Å². The van der Waals surface area contributed by atoms with Gasteiger partial charge in [0.2, 0.25) is 0 Å². The summed E-state index contributed by atoms with van der Waals surface area (Å²) in [5, 5.41) is 21.3. The van der Waals surface area contributed by atoms with Gasteiger partial charge >= 0.3 is 0 Å². The summed E-state index contributed by atoms with van der Waals surface area (Å²) in [5.41, 5.74) is 2.73. The summed E-state index contributed by atoms with van der Waals surface area (Å²) in [6, 6.07) is 10.2. The van der Waals surface area contributed by atoms with Crippen molar-refractivity contribution < 1.29 is 10.2 Å². The minimum Gasteiger partial charge on any atom is -0.393 e. The van der Waals surface area contributed by atoms with Crippen LogP contribution in [-0.4, -0.2) is 16.3 Å². The van der Waals surface area contributed by atoms with Crippen LogP contribution in [0.15, 0.2) is 42.0 Å². The van der Waals surface area contributed by atoms with E-state index in [-0.39, 0.29) is 6.10 Å². The fourth-order valence-corrected chi connectivity index (χ4v) is 9.53. The second kappa shape index (κ2) is 9.07. The van der Waals surface area contributed by atoms with Crippen LogP contribution in [0.4, 0.5) is 0 Å². The molecule has 0 amide bonds. The Hall–Kier alpha value is -1.12. The molecular weight excluding hydrogens is 416 g/mol. The summed E-state index contributed by atoms with van der Waals surface area (Å²) in [7, 11) is 0. The summed E-state index contributed by atoms with van der Waals surface area (Å²) in [6.45, 7) is 9.67. The first-order chi connectivity index (χ1) is 16.1. The maximum absolute atomic E-state index is 11.0. The van der Waals surface area contributed by atoms with Crippen LogP contribution >= 0.6 is 0 Å². The number of rotatable bonds is 6. The van der Waals surface area contributed by atoms with E-state index >= 15 is 0 Å². The van der Waals surface area contributed by atoms with Crippen molar-refractivity contribution in [3.63, 3.8) is 0 Å². The van der Waals surface area contributed by atoms with Gasteiger partial charge in [0, 0.05) is 0 Å². The highest BCUT2D eigenvalue weighted by Gasteiger charge is 2.59. The van der Waals surface area contributed by atoms with Gasteiger partial charge in [-0.15, -0.1) is 0 Å². The van der Waals surface area contributed by atoms with E-state index in [9.17, 15) is 10.2 Å². The van der Waals surface area contributed by atoms with Gasteiger partial charge in [0.1, 0.15) is 0 Å². The Morgan fingerprint density at radius 1 is 1.03 bits per heavy atom. The second-order valence-electron chi connectivity index (χ2n) is 13.4. The van der Waals surface area contributed by atoms with E-state index in [1.807, 2.05) is 25.1 Å². The van der Waals surface area contributed by atoms with Gasteiger partial charge in [-0.1, -0.05) is 69.2 Å². The molecule has 1 aromatic rings. The quantitative estimate of drug-likeness (QED) is 0.425. The van der Waals surface area contributed by atoms with Crippen LogP contribution in [0, 0.1) is 40.4 Å². The van der Waals surface area contributed by atoms with Crippen molar-refractivity contribution in [1.29, 1.82) is 0 Å². The first kappa shape index (κ1) is 24.6. The first-order valence-corrected chi connectivity index (χ1v) is 14.3. The standard InChI is InChI=1S/C32H48O2/c1-22(9-8-18-32(4,34)23-10-6-5-7-11-23)27-14-15-28-26-13-12-24-21-25(33)16-19-30(24,2)29(26)17-20-31(27,28)3/h5-7,10-12,22,25-29,33-34H,8-9,13-21H2,1-4H3/t22?,25?,26?,27?,28?,29?,30-,31+,32?/m0/s1. The van der Waals surface area contributed by atoms with Crippen molar-refractivity contribution in [3.8, 4) is 0 Å². The highest BCUT2D eigenvalue weighted by atomic mass is 16.3. The van der Waals surface area contributed by atoms with Crippen LogP contribution in [0.25, 0.3) is 0 Å². The molecule has 2 N–H and O–H groups in total. The number of hydrogen-bond donors (Lipinski definition) is 2. The third kappa shape index (κ3) is 4.11. The van der Waals surface area contributed by atoms with Crippen LogP contribution in [0.2, 0.25) is 0 Å². The minimum atomic E-state index is -0.726. The van der Waals surface area contributed by atoms with Gasteiger partial charge < -0.3 is 10.2 Å². The second-order valence-corrected chi connectivity index (χ2v) is 13.4. The zero-order chi connectivity index (χ0) is 24.1. The number of fused-ring (bicyclic) bond motifs is 5. The molecule has 0 heterocycles. The van der Waals surface area contributed by atoms with Crippen LogP contribution in [0.5, 0.6) is 0 Å². The molecule has 7 unspecified atom stereocenters. The molecule has 188 valence electrons. The third-order valence-corrected chi connectivity index (χ3v) is 11.6. The first-order valence-electron chi connectivity index (χ1n) is 14.3. The van der Waals surface area contributed by atoms with Crippen molar-refractivity contribution in [2.45, 2.75) is 110 Å². The molecule has 4 aliphatic carbocycles. The largest absolute Gasteiger partial charge is 0.393 e. The Morgan fingerprint density at radius 2 is 1.79 bits per heavy atom. The monoisotopic (exact) mass is 464 g/mol. The molecule has 0 aliphatic heterocycles. The fourth-order valence-electron chi connectivity index (χ4n) is 9.53. The Balaban J connectivity index is 1.24. The SMILES string of the molecule is CC(CCCC(C)(O)c1ccccc1)C1CCC2C3CC=C4CC(O)CC[C@]4(C)C3CC[C@]12C. The van der Waals surface area contributed by atoms with E-state index in [0.717, 1.165) is 60.8 Å². The predicted molar refractivity (Wildman–Crippen MR) is 140 cm³/mol. The number of benzene rings is 1. The Bertz CT molecular complexity index is 888.